The lowest BCUT2D eigenvalue weighted by atomic mass is 10.1. The molecule has 0 atom stereocenters. The van der Waals surface area contributed by atoms with Gasteiger partial charge in [0, 0.05) is 18.5 Å². The molecule has 0 aliphatic rings. The number of hydrogen-bond donors (Lipinski definition) is 1. The molecule has 0 aliphatic heterocycles. The summed E-state index contributed by atoms with van der Waals surface area (Å²) < 4.78 is 18.2. The van der Waals surface area contributed by atoms with Crippen LogP contribution >= 0.6 is 11.6 Å². The van der Waals surface area contributed by atoms with Gasteiger partial charge in [-0.15, -0.1) is 0 Å². The number of ether oxygens (including phenoxy) is 1. The van der Waals surface area contributed by atoms with Crippen molar-refractivity contribution in [3.05, 3.63) is 58.5 Å². The average Bonchev–Trinajstić information content (AvgIpc) is 2.63. The summed E-state index contributed by atoms with van der Waals surface area (Å²) in [6.07, 6.45) is 1.16. The van der Waals surface area contributed by atoms with E-state index in [-0.39, 0.29) is 24.9 Å². The van der Waals surface area contributed by atoms with Gasteiger partial charge in [-0.2, -0.15) is 0 Å². The molecule has 2 aromatic rings. The minimum Gasteiger partial charge on any atom is -0.447 e. The minimum absolute atomic E-state index is 0.0281. The summed E-state index contributed by atoms with van der Waals surface area (Å²) in [5, 5.41) is 3.05. The number of hydrogen-bond acceptors (Lipinski definition) is 4. The summed E-state index contributed by atoms with van der Waals surface area (Å²) in [6, 6.07) is 8.79. The van der Waals surface area contributed by atoms with Gasteiger partial charge in [0.05, 0.1) is 12.7 Å². The highest BCUT2D eigenvalue weighted by Gasteiger charge is 2.12. The Morgan fingerprint density at radius 1 is 1.33 bits per heavy atom. The first-order chi connectivity index (χ1) is 12.9. The van der Waals surface area contributed by atoms with Crippen LogP contribution < -0.4 is 5.32 Å². The normalized spacial score (nSPS) is 10.4. The zero-order valence-corrected chi connectivity index (χ0v) is 15.9. The number of likely N-dealkylation sites (N-methyl/N-ethyl adjacent to an activating group) is 1. The Morgan fingerprint density at radius 2 is 2.07 bits per heavy atom. The lowest BCUT2D eigenvalue weighted by molar-refractivity contribution is -0.130. The topological polar surface area (TPSA) is 71.5 Å². The highest BCUT2D eigenvalue weighted by atomic mass is 35.5. The summed E-state index contributed by atoms with van der Waals surface area (Å²) in [4.78, 5) is 29.1. The van der Waals surface area contributed by atoms with Crippen LogP contribution in [0.1, 0.15) is 17.5 Å². The summed E-state index contributed by atoms with van der Waals surface area (Å²) >= 11 is 6.08. The zero-order valence-electron chi connectivity index (χ0n) is 15.2. The van der Waals surface area contributed by atoms with Crippen LogP contribution in [0.3, 0.4) is 0 Å². The Kier molecular flexibility index (Phi) is 7.55. The van der Waals surface area contributed by atoms with E-state index >= 15 is 0 Å². The van der Waals surface area contributed by atoms with Crippen molar-refractivity contribution in [2.24, 2.45) is 0 Å². The number of aryl methyl sites for hydroxylation is 2. The van der Waals surface area contributed by atoms with Gasteiger partial charge in [0.1, 0.15) is 18.2 Å². The van der Waals surface area contributed by atoms with E-state index in [1.54, 1.807) is 20.0 Å². The Hall–Kier alpha value is -2.67. The Balaban J connectivity index is 1.70. The van der Waals surface area contributed by atoms with Gasteiger partial charge >= 0.3 is 6.09 Å². The second-order valence-corrected chi connectivity index (χ2v) is 6.39. The van der Waals surface area contributed by atoms with Crippen LogP contribution in [-0.2, 0) is 16.0 Å². The summed E-state index contributed by atoms with van der Waals surface area (Å²) in [5.41, 5.74) is 1.28. The van der Waals surface area contributed by atoms with E-state index in [4.69, 9.17) is 16.3 Å². The molecule has 27 heavy (non-hydrogen) atoms. The second-order valence-electron chi connectivity index (χ2n) is 5.99. The largest absolute Gasteiger partial charge is 0.447 e. The Morgan fingerprint density at radius 3 is 2.78 bits per heavy atom. The van der Waals surface area contributed by atoms with Crippen LogP contribution in [0.25, 0.3) is 0 Å². The van der Waals surface area contributed by atoms with Gasteiger partial charge in [-0.3, -0.25) is 10.1 Å². The molecule has 1 aromatic carbocycles. The number of anilines is 1. The molecule has 0 radical (unpaired) electrons. The van der Waals surface area contributed by atoms with Gasteiger partial charge in [0.15, 0.2) is 0 Å². The van der Waals surface area contributed by atoms with E-state index in [0.717, 1.165) is 11.8 Å². The van der Waals surface area contributed by atoms with Crippen molar-refractivity contribution in [3.8, 4) is 0 Å². The van der Waals surface area contributed by atoms with Gasteiger partial charge in [0.2, 0.25) is 5.91 Å². The molecular weight excluding hydrogens is 373 g/mol. The quantitative estimate of drug-likeness (QED) is 0.776. The maximum Gasteiger partial charge on any atom is 0.412 e. The highest BCUT2D eigenvalue weighted by Crippen LogP contribution is 2.16. The number of benzene rings is 1. The van der Waals surface area contributed by atoms with Crippen molar-refractivity contribution in [1.82, 2.24) is 9.88 Å². The number of pyridine rings is 1. The van der Waals surface area contributed by atoms with Gasteiger partial charge in [0.25, 0.3) is 0 Å². The second kappa shape index (κ2) is 9.87. The van der Waals surface area contributed by atoms with E-state index in [1.807, 2.05) is 18.2 Å². The monoisotopic (exact) mass is 393 g/mol. The molecule has 0 aliphatic carbocycles. The summed E-state index contributed by atoms with van der Waals surface area (Å²) in [7, 11) is 1.64. The fraction of sp³-hybridized carbons (Fsp3) is 0.316. The molecule has 1 aromatic heterocycles. The Labute approximate surface area is 162 Å². The number of halogens is 2. The van der Waals surface area contributed by atoms with Crippen LogP contribution in [0.4, 0.5) is 15.0 Å². The number of nitrogens with one attached hydrogen (secondary N) is 1. The number of carbonyl (C=O) groups excluding carboxylic acids is 2. The van der Waals surface area contributed by atoms with Crippen molar-refractivity contribution in [2.75, 3.05) is 25.5 Å². The molecule has 0 saturated carbocycles. The molecule has 0 saturated heterocycles. The van der Waals surface area contributed by atoms with Gasteiger partial charge in [-0.05, 0) is 36.6 Å². The molecule has 8 heteroatoms. The van der Waals surface area contributed by atoms with E-state index < -0.39 is 11.9 Å². The molecule has 2 rings (SSSR count). The van der Waals surface area contributed by atoms with E-state index in [0.29, 0.717) is 23.4 Å². The molecule has 1 heterocycles. The number of amides is 2. The molecule has 1 N–H and O–H groups in total. The Bertz CT molecular complexity index is 817. The third-order valence-electron chi connectivity index (χ3n) is 3.93. The van der Waals surface area contributed by atoms with Crippen molar-refractivity contribution in [1.29, 1.82) is 0 Å². The van der Waals surface area contributed by atoms with Crippen molar-refractivity contribution >= 4 is 29.4 Å². The third-order valence-corrected chi connectivity index (χ3v) is 4.30. The molecule has 0 bridgehead atoms. The van der Waals surface area contributed by atoms with Gasteiger partial charge < -0.3 is 9.64 Å². The number of rotatable bonds is 7. The highest BCUT2D eigenvalue weighted by molar-refractivity contribution is 6.31. The fourth-order valence-corrected chi connectivity index (χ4v) is 2.51. The van der Waals surface area contributed by atoms with E-state index in [2.05, 4.69) is 10.3 Å². The lowest BCUT2D eigenvalue weighted by Gasteiger charge is -2.17. The smallest absolute Gasteiger partial charge is 0.412 e. The van der Waals surface area contributed by atoms with Crippen LogP contribution in [0.15, 0.2) is 36.5 Å². The molecule has 6 nitrogen and oxygen atoms in total. The predicted molar refractivity (Wildman–Crippen MR) is 101 cm³/mol. The first-order valence-electron chi connectivity index (χ1n) is 8.40. The first kappa shape index (κ1) is 20.6. The summed E-state index contributed by atoms with van der Waals surface area (Å²) in [6.45, 7) is 1.85. The van der Waals surface area contributed by atoms with Crippen molar-refractivity contribution in [2.45, 2.75) is 19.8 Å². The minimum atomic E-state index is -0.717. The number of aromatic nitrogens is 1. The summed E-state index contributed by atoms with van der Waals surface area (Å²) in [5.74, 6) is -0.330. The number of nitrogens with zero attached hydrogens (tertiary/aromatic N) is 2. The maximum absolute atomic E-state index is 13.1. The standard InChI is InChI=1S/C19H21ClFN3O3/c1-13-11-17(22-12-16(13)21)23-19(26)27-10-9-24(2)18(25)8-7-14-5-3-4-6-15(14)20/h3-6,11-12H,7-10H2,1-2H3,(H,22,23,26). The molecule has 0 fully saturated rings. The van der Waals surface area contributed by atoms with Gasteiger partial charge in [-0.1, -0.05) is 29.8 Å². The van der Waals surface area contributed by atoms with Crippen LogP contribution in [0.5, 0.6) is 0 Å². The number of carbonyl (C=O) groups is 2. The first-order valence-corrected chi connectivity index (χ1v) is 8.78. The van der Waals surface area contributed by atoms with Crippen molar-refractivity contribution < 1.29 is 18.7 Å². The van der Waals surface area contributed by atoms with E-state index in [1.165, 1.54) is 11.0 Å². The third kappa shape index (κ3) is 6.53. The molecular formula is C19H21ClFN3O3. The predicted octanol–water partition coefficient (Wildman–Crippen LogP) is 3.82. The molecule has 144 valence electrons. The average molecular weight is 394 g/mol. The molecule has 0 unspecified atom stereocenters. The van der Waals surface area contributed by atoms with E-state index in [9.17, 15) is 14.0 Å². The van der Waals surface area contributed by atoms with Crippen LogP contribution in [0, 0.1) is 12.7 Å². The fourth-order valence-electron chi connectivity index (χ4n) is 2.28. The molecule has 0 spiro atoms. The molecule has 2 amide bonds. The zero-order chi connectivity index (χ0) is 19.8. The maximum atomic E-state index is 13.1. The SMILES string of the molecule is Cc1cc(NC(=O)OCCN(C)C(=O)CCc2ccccc2Cl)ncc1F. The lowest BCUT2D eigenvalue weighted by Crippen LogP contribution is -2.31. The van der Waals surface area contributed by atoms with Gasteiger partial charge in [-0.25, -0.2) is 14.2 Å². The van der Waals surface area contributed by atoms with Crippen LogP contribution in [0.2, 0.25) is 5.02 Å². The van der Waals surface area contributed by atoms with Crippen LogP contribution in [-0.4, -0.2) is 42.1 Å². The van der Waals surface area contributed by atoms with Crippen molar-refractivity contribution in [3.63, 3.8) is 0 Å².